The number of hydrogen-bond donors (Lipinski definition) is 2. The van der Waals surface area contributed by atoms with E-state index in [1.165, 1.54) is 0 Å². The Hall–Kier alpha value is -1.75. The van der Waals surface area contributed by atoms with Crippen LogP contribution in [0.15, 0.2) is 18.2 Å². The molecule has 0 saturated carbocycles. The lowest BCUT2D eigenvalue weighted by Crippen LogP contribution is -2.46. The first-order valence-electron chi connectivity index (χ1n) is 6.07. The Morgan fingerprint density at radius 2 is 1.94 bits per heavy atom. The average molecular weight is 249 g/mol. The fourth-order valence-corrected chi connectivity index (χ4v) is 2.47. The molecular weight excluding hydrogens is 230 g/mol. The predicted molar refractivity (Wildman–Crippen MR) is 71.6 cm³/mol. The second-order valence-corrected chi connectivity index (χ2v) is 4.77. The molecule has 2 atom stereocenters. The number of nitrogen functional groups attached to an aromatic ring is 1. The zero-order valence-electron chi connectivity index (χ0n) is 10.7. The fourth-order valence-electron chi connectivity index (χ4n) is 2.47. The van der Waals surface area contributed by atoms with Crippen LogP contribution in [-0.2, 0) is 4.74 Å². The van der Waals surface area contributed by atoms with Gasteiger partial charge in [-0.2, -0.15) is 0 Å². The van der Waals surface area contributed by atoms with Gasteiger partial charge >= 0.3 is 0 Å². The van der Waals surface area contributed by atoms with Crippen LogP contribution in [0, 0.1) is 0 Å². The summed E-state index contributed by atoms with van der Waals surface area (Å²) < 4.78 is 5.68. The normalized spacial score (nSPS) is 24.0. The van der Waals surface area contributed by atoms with Crippen LogP contribution in [0.1, 0.15) is 24.2 Å². The first-order chi connectivity index (χ1) is 8.49. The number of hydrogen-bond acceptors (Lipinski definition) is 4. The number of para-hydroxylation sites is 1. The molecule has 1 fully saturated rings. The molecule has 1 aromatic carbocycles. The van der Waals surface area contributed by atoms with Crippen molar-refractivity contribution in [1.29, 1.82) is 0 Å². The number of carbonyl (C=O) groups excluding carboxylic acids is 1. The molecule has 5 nitrogen and oxygen atoms in total. The summed E-state index contributed by atoms with van der Waals surface area (Å²) in [6, 6.07) is 5.23. The summed E-state index contributed by atoms with van der Waals surface area (Å²) in [7, 11) is 0. The summed E-state index contributed by atoms with van der Waals surface area (Å²) in [6.45, 7) is 5.43. The first kappa shape index (κ1) is 12.7. The van der Waals surface area contributed by atoms with Gasteiger partial charge in [0, 0.05) is 13.1 Å². The Labute approximate surface area is 107 Å². The molecule has 0 spiro atoms. The van der Waals surface area contributed by atoms with E-state index in [-0.39, 0.29) is 12.2 Å². The molecule has 4 N–H and O–H groups in total. The van der Waals surface area contributed by atoms with Gasteiger partial charge < -0.3 is 21.1 Å². The summed E-state index contributed by atoms with van der Waals surface area (Å²) >= 11 is 0. The smallest absolute Gasteiger partial charge is 0.250 e. The van der Waals surface area contributed by atoms with Gasteiger partial charge in [0.05, 0.1) is 29.1 Å². The largest absolute Gasteiger partial charge is 0.397 e. The molecule has 18 heavy (non-hydrogen) atoms. The van der Waals surface area contributed by atoms with Gasteiger partial charge in [-0.05, 0) is 26.0 Å². The van der Waals surface area contributed by atoms with Crippen LogP contribution < -0.4 is 16.4 Å². The van der Waals surface area contributed by atoms with E-state index in [1.807, 2.05) is 13.8 Å². The number of anilines is 2. The summed E-state index contributed by atoms with van der Waals surface area (Å²) in [5.74, 6) is -0.455. The number of nitrogens with zero attached hydrogens (tertiary/aromatic N) is 1. The molecular formula is C13H19N3O2. The number of morpholine rings is 1. The molecule has 0 radical (unpaired) electrons. The fraction of sp³-hybridized carbons (Fsp3) is 0.462. The number of benzene rings is 1. The molecule has 0 aromatic heterocycles. The molecule has 0 aliphatic carbocycles. The van der Waals surface area contributed by atoms with Crippen molar-refractivity contribution in [2.45, 2.75) is 26.1 Å². The van der Waals surface area contributed by atoms with Crippen LogP contribution in [0.2, 0.25) is 0 Å². The van der Waals surface area contributed by atoms with Crippen LogP contribution in [0.25, 0.3) is 0 Å². The number of nitrogens with two attached hydrogens (primary N) is 2. The van der Waals surface area contributed by atoms with Crippen molar-refractivity contribution >= 4 is 17.3 Å². The van der Waals surface area contributed by atoms with Gasteiger partial charge in [-0.1, -0.05) is 6.07 Å². The highest BCUT2D eigenvalue weighted by Gasteiger charge is 2.26. The molecule has 98 valence electrons. The number of primary amides is 1. The monoisotopic (exact) mass is 249 g/mol. The maximum absolute atomic E-state index is 11.5. The minimum absolute atomic E-state index is 0.106. The van der Waals surface area contributed by atoms with Gasteiger partial charge in [-0.15, -0.1) is 0 Å². The van der Waals surface area contributed by atoms with Crippen molar-refractivity contribution < 1.29 is 9.53 Å². The predicted octanol–water partition coefficient (Wildman–Crippen LogP) is 0.981. The zero-order valence-corrected chi connectivity index (χ0v) is 10.7. The molecule has 1 heterocycles. The summed E-state index contributed by atoms with van der Waals surface area (Å²) in [5, 5.41) is 0. The molecule has 2 rings (SSSR count). The Kier molecular flexibility index (Phi) is 3.43. The lowest BCUT2D eigenvalue weighted by molar-refractivity contribution is -0.00522. The van der Waals surface area contributed by atoms with Crippen molar-refractivity contribution in [3.8, 4) is 0 Å². The van der Waals surface area contributed by atoms with Crippen LogP contribution in [-0.4, -0.2) is 31.2 Å². The Morgan fingerprint density at radius 3 is 2.50 bits per heavy atom. The molecule has 5 heteroatoms. The van der Waals surface area contributed by atoms with Crippen LogP contribution >= 0.6 is 0 Å². The molecule has 1 aliphatic rings. The van der Waals surface area contributed by atoms with E-state index in [2.05, 4.69) is 4.90 Å². The van der Waals surface area contributed by atoms with Gasteiger partial charge in [0.15, 0.2) is 0 Å². The quantitative estimate of drug-likeness (QED) is 0.765. The van der Waals surface area contributed by atoms with Crippen LogP contribution in [0.5, 0.6) is 0 Å². The number of rotatable bonds is 2. The van der Waals surface area contributed by atoms with Crippen molar-refractivity contribution in [2.75, 3.05) is 23.7 Å². The highest BCUT2D eigenvalue weighted by atomic mass is 16.5. The molecule has 1 saturated heterocycles. The highest BCUT2D eigenvalue weighted by Crippen LogP contribution is 2.30. The number of carbonyl (C=O) groups is 1. The zero-order chi connectivity index (χ0) is 13.3. The van der Waals surface area contributed by atoms with Crippen molar-refractivity contribution in [3.63, 3.8) is 0 Å². The second kappa shape index (κ2) is 4.86. The van der Waals surface area contributed by atoms with Crippen molar-refractivity contribution in [1.82, 2.24) is 0 Å². The SMILES string of the molecule is C[C@@H]1CN(c2c(N)cccc2C(N)=O)C[C@H](C)O1. The maximum atomic E-state index is 11.5. The minimum atomic E-state index is -0.455. The minimum Gasteiger partial charge on any atom is -0.397 e. The molecule has 1 aliphatic heterocycles. The number of amides is 1. The third kappa shape index (κ3) is 2.41. The molecule has 1 amide bonds. The van der Waals surface area contributed by atoms with Crippen molar-refractivity contribution in [3.05, 3.63) is 23.8 Å². The van der Waals surface area contributed by atoms with Gasteiger partial charge in [0.2, 0.25) is 0 Å². The first-order valence-corrected chi connectivity index (χ1v) is 6.07. The van der Waals surface area contributed by atoms with E-state index in [1.54, 1.807) is 18.2 Å². The van der Waals surface area contributed by atoms with Gasteiger partial charge in [0.25, 0.3) is 5.91 Å². The number of ether oxygens (including phenoxy) is 1. The third-order valence-corrected chi connectivity index (χ3v) is 3.07. The lowest BCUT2D eigenvalue weighted by Gasteiger charge is -2.38. The molecule has 0 bridgehead atoms. The average Bonchev–Trinajstić information content (AvgIpc) is 2.26. The van der Waals surface area contributed by atoms with Gasteiger partial charge in [-0.3, -0.25) is 4.79 Å². The lowest BCUT2D eigenvalue weighted by atomic mass is 10.1. The second-order valence-electron chi connectivity index (χ2n) is 4.77. The Balaban J connectivity index is 2.40. The Bertz CT molecular complexity index is 452. The van der Waals surface area contributed by atoms with Crippen LogP contribution in [0.4, 0.5) is 11.4 Å². The summed E-state index contributed by atoms with van der Waals surface area (Å²) in [6.07, 6.45) is 0.211. The van der Waals surface area contributed by atoms with Gasteiger partial charge in [-0.25, -0.2) is 0 Å². The standard InChI is InChI=1S/C13H19N3O2/c1-8-6-16(7-9(2)18-8)12-10(13(15)17)4-3-5-11(12)14/h3-5,8-9H,6-7,14H2,1-2H3,(H2,15,17)/t8-,9+. The van der Waals surface area contributed by atoms with Gasteiger partial charge in [0.1, 0.15) is 0 Å². The van der Waals surface area contributed by atoms with E-state index in [0.717, 1.165) is 5.69 Å². The topological polar surface area (TPSA) is 81.6 Å². The third-order valence-electron chi connectivity index (χ3n) is 3.07. The Morgan fingerprint density at radius 1 is 1.33 bits per heavy atom. The summed E-state index contributed by atoms with van der Waals surface area (Å²) in [5.41, 5.74) is 13.2. The molecule has 0 unspecified atom stereocenters. The van der Waals surface area contributed by atoms with Crippen LogP contribution in [0.3, 0.4) is 0 Å². The van der Waals surface area contributed by atoms with E-state index in [0.29, 0.717) is 24.3 Å². The van der Waals surface area contributed by atoms with E-state index >= 15 is 0 Å². The maximum Gasteiger partial charge on any atom is 0.250 e. The highest BCUT2D eigenvalue weighted by molar-refractivity contribution is 6.01. The molecule has 1 aromatic rings. The van der Waals surface area contributed by atoms with E-state index in [9.17, 15) is 4.79 Å². The van der Waals surface area contributed by atoms with Crippen molar-refractivity contribution in [2.24, 2.45) is 5.73 Å². The van der Waals surface area contributed by atoms with E-state index < -0.39 is 5.91 Å². The van der Waals surface area contributed by atoms with E-state index in [4.69, 9.17) is 16.2 Å². The summed E-state index contributed by atoms with van der Waals surface area (Å²) in [4.78, 5) is 13.6.